The van der Waals surface area contributed by atoms with Crippen molar-refractivity contribution >= 4 is 11.5 Å². The van der Waals surface area contributed by atoms with Crippen LogP contribution in [0.5, 0.6) is 0 Å². The van der Waals surface area contributed by atoms with Crippen molar-refractivity contribution in [1.82, 2.24) is 4.98 Å². The Morgan fingerprint density at radius 1 is 1.00 bits per heavy atom. The molecular weight excluding hydrogens is 398 g/mol. The van der Waals surface area contributed by atoms with Crippen LogP contribution in [0.2, 0.25) is 0 Å². The fourth-order valence-electron chi connectivity index (χ4n) is 3.86. The van der Waals surface area contributed by atoms with E-state index < -0.39 is 11.9 Å². The lowest BCUT2D eigenvalue weighted by molar-refractivity contribution is -0.138. The molecule has 0 amide bonds. The minimum Gasteiger partial charge on any atom is -0.481 e. The van der Waals surface area contributed by atoms with Crippen molar-refractivity contribution in [2.24, 2.45) is 0 Å². The minimum absolute atomic E-state index is 0.487. The molecule has 1 N–H and O–H groups in total. The molecule has 3 aromatic rings. The summed E-state index contributed by atoms with van der Waals surface area (Å²) in [6.07, 6.45) is 16.2. The molecule has 0 aliphatic heterocycles. The smallest absolute Gasteiger partial charge is 0.311 e. The first kappa shape index (κ1) is 21.6. The zero-order valence-electron chi connectivity index (χ0n) is 18.0. The van der Waals surface area contributed by atoms with Crippen LogP contribution in [0.1, 0.15) is 47.0 Å². The molecule has 1 aliphatic carbocycles. The van der Waals surface area contributed by atoms with E-state index in [1.54, 1.807) is 6.26 Å². The van der Waals surface area contributed by atoms with Crippen LogP contribution in [0, 0.1) is 0 Å². The van der Waals surface area contributed by atoms with Gasteiger partial charge in [-0.1, -0.05) is 78.9 Å². The second-order valence-corrected chi connectivity index (χ2v) is 8.01. The number of hydrogen-bond donors (Lipinski definition) is 1. The third-order valence-corrected chi connectivity index (χ3v) is 5.64. The first-order valence-electron chi connectivity index (χ1n) is 11.0. The van der Waals surface area contributed by atoms with Crippen molar-refractivity contribution in [3.63, 3.8) is 0 Å². The van der Waals surface area contributed by atoms with Gasteiger partial charge < -0.3 is 9.52 Å². The molecule has 0 radical (unpaired) electrons. The first-order valence-corrected chi connectivity index (χ1v) is 11.0. The molecule has 0 spiro atoms. The Labute approximate surface area is 188 Å². The number of nitrogens with zero attached hydrogens (tertiary/aromatic N) is 1. The van der Waals surface area contributed by atoms with Gasteiger partial charge in [-0.3, -0.25) is 4.79 Å². The third kappa shape index (κ3) is 5.73. The van der Waals surface area contributed by atoms with Gasteiger partial charge in [0.15, 0.2) is 0 Å². The number of aromatic nitrogens is 1. The summed E-state index contributed by atoms with van der Waals surface area (Å²) in [6.45, 7) is 0. The number of rotatable bonds is 9. The molecule has 4 heteroatoms. The largest absolute Gasteiger partial charge is 0.481 e. The fraction of sp³-hybridized carbons (Fsp3) is 0.214. The highest BCUT2D eigenvalue weighted by molar-refractivity contribution is 5.76. The maximum Gasteiger partial charge on any atom is 0.311 e. The highest BCUT2D eigenvalue weighted by Crippen LogP contribution is 2.22. The van der Waals surface area contributed by atoms with Gasteiger partial charge >= 0.3 is 5.97 Å². The molecule has 0 fully saturated rings. The van der Waals surface area contributed by atoms with Crippen LogP contribution in [0.25, 0.3) is 5.57 Å². The zero-order valence-corrected chi connectivity index (χ0v) is 18.0. The van der Waals surface area contributed by atoms with Gasteiger partial charge in [-0.25, -0.2) is 4.98 Å². The molecular formula is C28H27NO3. The predicted octanol–water partition coefficient (Wildman–Crippen LogP) is 6.16. The summed E-state index contributed by atoms with van der Waals surface area (Å²) in [4.78, 5) is 16.4. The minimum atomic E-state index is -0.793. The highest BCUT2D eigenvalue weighted by Gasteiger charge is 2.20. The zero-order chi connectivity index (χ0) is 22.2. The van der Waals surface area contributed by atoms with E-state index in [0.29, 0.717) is 12.3 Å². The average Bonchev–Trinajstić information content (AvgIpc) is 3.11. The molecule has 1 atom stereocenters. The predicted molar refractivity (Wildman–Crippen MR) is 126 cm³/mol. The van der Waals surface area contributed by atoms with Crippen molar-refractivity contribution in [3.05, 3.63) is 120 Å². The second-order valence-electron chi connectivity index (χ2n) is 8.01. The Balaban J connectivity index is 1.30. The van der Waals surface area contributed by atoms with E-state index in [1.807, 2.05) is 60.7 Å². The van der Waals surface area contributed by atoms with Crippen LogP contribution >= 0.6 is 0 Å². The molecule has 1 unspecified atom stereocenters. The summed E-state index contributed by atoms with van der Waals surface area (Å²) >= 11 is 0. The highest BCUT2D eigenvalue weighted by atomic mass is 16.4. The van der Waals surface area contributed by atoms with E-state index in [1.165, 1.54) is 5.56 Å². The van der Waals surface area contributed by atoms with Gasteiger partial charge in [0, 0.05) is 5.57 Å². The number of oxazole rings is 1. The normalized spacial score (nSPS) is 14.1. The molecule has 1 heterocycles. The Morgan fingerprint density at radius 2 is 1.78 bits per heavy atom. The second kappa shape index (κ2) is 10.6. The Hall–Kier alpha value is -3.66. The Kier molecular flexibility index (Phi) is 7.13. The van der Waals surface area contributed by atoms with Crippen molar-refractivity contribution < 1.29 is 14.3 Å². The summed E-state index contributed by atoms with van der Waals surface area (Å²) in [5.41, 5.74) is 5.07. The van der Waals surface area contributed by atoms with Gasteiger partial charge in [0.05, 0.1) is 11.6 Å². The van der Waals surface area contributed by atoms with Gasteiger partial charge in [-0.05, 0) is 54.9 Å². The van der Waals surface area contributed by atoms with Crippen LogP contribution in [-0.2, 0) is 24.1 Å². The molecule has 0 bridgehead atoms. The summed E-state index contributed by atoms with van der Waals surface area (Å²) in [5, 5.41) is 9.64. The average molecular weight is 426 g/mol. The number of carboxylic acids is 1. The van der Waals surface area contributed by atoms with Crippen molar-refractivity contribution in [1.29, 1.82) is 0 Å². The molecule has 1 aromatic heterocycles. The molecule has 4 rings (SSSR count). The van der Waals surface area contributed by atoms with Gasteiger partial charge in [-0.15, -0.1) is 0 Å². The number of allylic oxidation sites excluding steroid dienone is 6. The number of hydrogen-bond acceptors (Lipinski definition) is 3. The van der Waals surface area contributed by atoms with E-state index in [9.17, 15) is 9.90 Å². The molecule has 1 aliphatic rings. The van der Waals surface area contributed by atoms with Crippen LogP contribution in [0.3, 0.4) is 0 Å². The van der Waals surface area contributed by atoms with E-state index in [0.717, 1.165) is 48.1 Å². The number of benzene rings is 2. The monoisotopic (exact) mass is 425 g/mol. The van der Waals surface area contributed by atoms with E-state index >= 15 is 0 Å². The van der Waals surface area contributed by atoms with Gasteiger partial charge in [-0.2, -0.15) is 0 Å². The Morgan fingerprint density at radius 3 is 2.56 bits per heavy atom. The van der Waals surface area contributed by atoms with Gasteiger partial charge in [0.2, 0.25) is 5.89 Å². The SMILES string of the molecule is O=C(O)C(Cc1ccc(CCCc2coc(C3=CC=CCC=C3)n2)cc1)c1ccccc1. The number of carboxylic acid groups (broad SMARTS) is 1. The maximum atomic E-state index is 11.7. The van der Waals surface area contributed by atoms with Gasteiger partial charge in [0.1, 0.15) is 6.26 Å². The molecule has 32 heavy (non-hydrogen) atoms. The Bertz CT molecular complexity index is 1120. The van der Waals surface area contributed by atoms with Crippen LogP contribution in [-0.4, -0.2) is 16.1 Å². The number of aryl methyl sites for hydroxylation is 2. The van der Waals surface area contributed by atoms with Crippen LogP contribution < -0.4 is 0 Å². The number of carbonyl (C=O) groups is 1. The van der Waals surface area contributed by atoms with E-state index in [4.69, 9.17) is 4.42 Å². The van der Waals surface area contributed by atoms with Crippen LogP contribution in [0.15, 0.2) is 95.7 Å². The summed E-state index contributed by atoms with van der Waals surface area (Å²) in [7, 11) is 0. The quantitative estimate of drug-likeness (QED) is 0.446. The van der Waals surface area contributed by atoms with Crippen molar-refractivity contribution in [3.8, 4) is 0 Å². The van der Waals surface area contributed by atoms with Crippen LogP contribution in [0.4, 0.5) is 0 Å². The van der Waals surface area contributed by atoms with Crippen molar-refractivity contribution in [2.45, 2.75) is 38.0 Å². The molecule has 4 nitrogen and oxygen atoms in total. The lowest BCUT2D eigenvalue weighted by Crippen LogP contribution is -2.14. The lowest BCUT2D eigenvalue weighted by Gasteiger charge is -2.13. The standard InChI is InChI=1S/C28H27NO3/c30-28(31)26(23-10-6-3-7-11-23)19-22-17-15-21(16-18-22)9-8-14-25-20-32-27(29-25)24-12-4-1-2-5-13-24/h1,3-7,10-13,15-18,20,26H,2,8-9,14,19H2,(H,30,31). The lowest BCUT2D eigenvalue weighted by atomic mass is 9.91. The third-order valence-electron chi connectivity index (χ3n) is 5.64. The van der Waals surface area contributed by atoms with E-state index in [2.05, 4.69) is 29.3 Å². The molecule has 2 aromatic carbocycles. The molecule has 162 valence electrons. The summed E-state index contributed by atoms with van der Waals surface area (Å²) in [5.74, 6) is -0.658. The van der Waals surface area contributed by atoms with Gasteiger partial charge in [0.25, 0.3) is 0 Å². The molecule has 0 saturated heterocycles. The number of aliphatic carboxylic acids is 1. The summed E-state index contributed by atoms with van der Waals surface area (Å²) in [6, 6.07) is 17.7. The topological polar surface area (TPSA) is 63.3 Å². The fourth-order valence-corrected chi connectivity index (χ4v) is 3.86. The van der Waals surface area contributed by atoms with Crippen molar-refractivity contribution in [2.75, 3.05) is 0 Å². The first-order chi connectivity index (χ1) is 15.7. The summed E-state index contributed by atoms with van der Waals surface area (Å²) < 4.78 is 5.66. The molecule has 0 saturated carbocycles. The van der Waals surface area contributed by atoms with E-state index in [-0.39, 0.29) is 0 Å². The maximum absolute atomic E-state index is 11.7.